The molecule has 0 fully saturated rings. The van der Waals surface area contributed by atoms with E-state index in [0.29, 0.717) is 12.3 Å². The molecule has 13 heavy (non-hydrogen) atoms. The molecule has 4 nitrogen and oxygen atoms in total. The van der Waals surface area contributed by atoms with E-state index >= 15 is 0 Å². The number of methoxy groups -OCH3 is 1. The summed E-state index contributed by atoms with van der Waals surface area (Å²) in [5, 5.41) is 3.12. The zero-order valence-corrected chi connectivity index (χ0v) is 7.89. The van der Waals surface area contributed by atoms with E-state index in [1.54, 1.807) is 12.3 Å². The largest absolute Gasteiger partial charge is 0.491 e. The number of hydrogen-bond donors (Lipinski definition) is 2. The molecular weight excluding hydrogens is 168 g/mol. The molecule has 0 amide bonds. The molecule has 1 heterocycles. The predicted molar refractivity (Wildman–Crippen MR) is 51.0 cm³/mol. The topological polar surface area (TPSA) is 54.1 Å². The summed E-state index contributed by atoms with van der Waals surface area (Å²) in [6, 6.07) is 1.54. The van der Waals surface area contributed by atoms with Crippen LogP contribution in [-0.2, 0) is 6.54 Å². The van der Waals surface area contributed by atoms with Crippen LogP contribution in [-0.4, -0.2) is 18.6 Å². The van der Waals surface area contributed by atoms with Crippen molar-refractivity contribution in [3.05, 3.63) is 28.2 Å². The molecule has 0 radical (unpaired) electrons. The number of pyridine rings is 1. The Morgan fingerprint density at radius 2 is 2.38 bits per heavy atom. The van der Waals surface area contributed by atoms with Crippen molar-refractivity contribution < 1.29 is 4.74 Å². The van der Waals surface area contributed by atoms with Gasteiger partial charge in [-0.05, 0) is 6.54 Å². The molecule has 0 bridgehead atoms. The number of aromatic amines is 1. The highest BCUT2D eigenvalue weighted by Crippen LogP contribution is 1.99. The lowest BCUT2D eigenvalue weighted by molar-refractivity contribution is 0.408. The van der Waals surface area contributed by atoms with Crippen LogP contribution in [0.1, 0.15) is 12.6 Å². The van der Waals surface area contributed by atoms with Gasteiger partial charge in [0, 0.05) is 24.5 Å². The number of H-pyrrole nitrogens is 1. The fraction of sp³-hybridized carbons (Fsp3) is 0.444. The molecule has 0 aliphatic carbocycles. The Morgan fingerprint density at radius 3 is 2.92 bits per heavy atom. The van der Waals surface area contributed by atoms with Gasteiger partial charge >= 0.3 is 0 Å². The Morgan fingerprint density at radius 1 is 1.62 bits per heavy atom. The predicted octanol–water partition coefficient (Wildman–Crippen LogP) is 0.493. The number of rotatable bonds is 4. The summed E-state index contributed by atoms with van der Waals surface area (Å²) in [6.07, 6.45) is 1.58. The lowest BCUT2D eigenvalue weighted by Crippen LogP contribution is -2.15. The summed E-state index contributed by atoms with van der Waals surface area (Å²) in [5.74, 6) is 0.347. The molecule has 0 spiro atoms. The fourth-order valence-electron chi connectivity index (χ4n) is 1.02. The third kappa shape index (κ3) is 2.59. The summed E-state index contributed by atoms with van der Waals surface area (Å²) < 4.78 is 4.84. The first-order valence-electron chi connectivity index (χ1n) is 4.24. The Balaban J connectivity index is 2.77. The molecule has 1 aromatic heterocycles. The quantitative estimate of drug-likeness (QED) is 0.712. The summed E-state index contributed by atoms with van der Waals surface area (Å²) in [6.45, 7) is 3.57. The highest BCUT2D eigenvalue weighted by molar-refractivity contribution is 5.19. The summed E-state index contributed by atoms with van der Waals surface area (Å²) >= 11 is 0. The first kappa shape index (κ1) is 9.80. The molecule has 4 heteroatoms. The third-order valence-corrected chi connectivity index (χ3v) is 1.72. The van der Waals surface area contributed by atoms with Gasteiger partial charge in [0.2, 0.25) is 5.43 Å². The van der Waals surface area contributed by atoms with Crippen molar-refractivity contribution >= 4 is 0 Å². The molecule has 0 saturated carbocycles. The van der Waals surface area contributed by atoms with E-state index in [1.807, 2.05) is 6.92 Å². The van der Waals surface area contributed by atoms with Crippen LogP contribution in [0.4, 0.5) is 0 Å². The van der Waals surface area contributed by atoms with Crippen molar-refractivity contribution in [1.29, 1.82) is 0 Å². The monoisotopic (exact) mass is 182 g/mol. The molecule has 0 saturated heterocycles. The van der Waals surface area contributed by atoms with Gasteiger partial charge < -0.3 is 15.0 Å². The lowest BCUT2D eigenvalue weighted by atomic mass is 10.3. The molecule has 0 aliphatic rings. The molecule has 72 valence electrons. The second kappa shape index (κ2) is 4.67. The molecule has 0 aliphatic heterocycles. The summed E-state index contributed by atoms with van der Waals surface area (Å²) in [5.41, 5.74) is 0.779. The van der Waals surface area contributed by atoms with Gasteiger partial charge in [-0.1, -0.05) is 6.92 Å². The van der Waals surface area contributed by atoms with Crippen molar-refractivity contribution in [2.75, 3.05) is 13.7 Å². The number of hydrogen-bond acceptors (Lipinski definition) is 3. The minimum atomic E-state index is -0.0887. The minimum Gasteiger partial charge on any atom is -0.491 e. The number of nitrogens with one attached hydrogen (secondary N) is 2. The highest BCUT2D eigenvalue weighted by atomic mass is 16.5. The molecule has 0 aromatic carbocycles. The van der Waals surface area contributed by atoms with Crippen molar-refractivity contribution in [3.8, 4) is 5.75 Å². The smallest absolute Gasteiger partial charge is 0.223 e. The second-order valence-electron chi connectivity index (χ2n) is 2.67. The van der Waals surface area contributed by atoms with E-state index in [-0.39, 0.29) is 5.43 Å². The zero-order valence-electron chi connectivity index (χ0n) is 7.89. The average Bonchev–Trinajstić information content (AvgIpc) is 2.15. The number of ether oxygens (including phenoxy) is 1. The lowest BCUT2D eigenvalue weighted by Gasteiger charge is -2.03. The van der Waals surface area contributed by atoms with Gasteiger partial charge in [0.15, 0.2) is 5.75 Å². The Hall–Kier alpha value is -1.29. The average molecular weight is 182 g/mol. The van der Waals surface area contributed by atoms with Crippen LogP contribution in [0.3, 0.4) is 0 Å². The maximum Gasteiger partial charge on any atom is 0.223 e. The van der Waals surface area contributed by atoms with Gasteiger partial charge in [-0.25, -0.2) is 0 Å². The van der Waals surface area contributed by atoms with Crippen molar-refractivity contribution in [1.82, 2.24) is 10.3 Å². The maximum absolute atomic E-state index is 11.3. The molecule has 0 unspecified atom stereocenters. The van der Waals surface area contributed by atoms with Gasteiger partial charge in [-0.15, -0.1) is 0 Å². The SMILES string of the molecule is CCNCc1cc(=O)c(OC)c[nH]1. The van der Waals surface area contributed by atoms with Gasteiger partial charge in [0.1, 0.15) is 0 Å². The number of aromatic nitrogens is 1. The van der Waals surface area contributed by atoms with Crippen molar-refractivity contribution in [2.45, 2.75) is 13.5 Å². The van der Waals surface area contributed by atoms with Gasteiger partial charge in [0.25, 0.3) is 0 Å². The van der Waals surface area contributed by atoms with Crippen molar-refractivity contribution in [3.63, 3.8) is 0 Å². The van der Waals surface area contributed by atoms with E-state index in [4.69, 9.17) is 4.74 Å². The summed E-state index contributed by atoms with van der Waals surface area (Å²) in [7, 11) is 1.48. The van der Waals surface area contributed by atoms with E-state index in [2.05, 4.69) is 10.3 Å². The van der Waals surface area contributed by atoms with Crippen LogP contribution < -0.4 is 15.5 Å². The first-order valence-corrected chi connectivity index (χ1v) is 4.24. The van der Waals surface area contributed by atoms with Gasteiger partial charge in [-0.3, -0.25) is 4.79 Å². The zero-order chi connectivity index (χ0) is 9.68. The Labute approximate surface area is 76.9 Å². The Kier molecular flexibility index (Phi) is 3.52. The fourth-order valence-corrected chi connectivity index (χ4v) is 1.02. The molecular formula is C9H14N2O2. The van der Waals surface area contributed by atoms with Gasteiger partial charge in [0.05, 0.1) is 7.11 Å². The van der Waals surface area contributed by atoms with E-state index in [1.165, 1.54) is 7.11 Å². The van der Waals surface area contributed by atoms with Crippen molar-refractivity contribution in [2.24, 2.45) is 0 Å². The van der Waals surface area contributed by atoms with E-state index in [9.17, 15) is 4.79 Å². The standard InChI is InChI=1S/C9H14N2O2/c1-3-10-5-7-4-8(12)9(13-2)6-11-7/h4,6,10H,3,5H2,1-2H3,(H,11,12). The minimum absolute atomic E-state index is 0.0887. The molecule has 1 aromatic rings. The van der Waals surface area contributed by atoms with Crippen LogP contribution in [0, 0.1) is 0 Å². The van der Waals surface area contributed by atoms with Crippen LogP contribution in [0.5, 0.6) is 5.75 Å². The normalized spacial score (nSPS) is 10.0. The molecule has 0 atom stereocenters. The molecule has 1 rings (SSSR count). The third-order valence-electron chi connectivity index (χ3n) is 1.72. The first-order chi connectivity index (χ1) is 6.27. The Bertz CT molecular complexity index is 320. The van der Waals surface area contributed by atoms with E-state index < -0.39 is 0 Å². The second-order valence-corrected chi connectivity index (χ2v) is 2.67. The van der Waals surface area contributed by atoms with Crippen LogP contribution >= 0.6 is 0 Å². The molecule has 2 N–H and O–H groups in total. The van der Waals surface area contributed by atoms with E-state index in [0.717, 1.165) is 12.2 Å². The maximum atomic E-state index is 11.3. The van der Waals surface area contributed by atoms with Gasteiger partial charge in [-0.2, -0.15) is 0 Å². The van der Waals surface area contributed by atoms with Crippen LogP contribution in [0.2, 0.25) is 0 Å². The summed E-state index contributed by atoms with van der Waals surface area (Å²) in [4.78, 5) is 14.2. The van der Waals surface area contributed by atoms with Crippen LogP contribution in [0.15, 0.2) is 17.1 Å². The van der Waals surface area contributed by atoms with Crippen LogP contribution in [0.25, 0.3) is 0 Å². The highest BCUT2D eigenvalue weighted by Gasteiger charge is 1.99.